The first-order valence-electron chi connectivity index (χ1n) is 10.3. The van der Waals surface area contributed by atoms with Gasteiger partial charge in [0.2, 0.25) is 0 Å². The molecule has 0 unspecified atom stereocenters. The molecule has 1 aliphatic rings. The van der Waals surface area contributed by atoms with Crippen molar-refractivity contribution in [1.29, 1.82) is 0 Å². The van der Waals surface area contributed by atoms with Gasteiger partial charge in [-0.05, 0) is 36.4 Å². The molecule has 1 aromatic carbocycles. The van der Waals surface area contributed by atoms with Crippen molar-refractivity contribution in [3.8, 4) is 11.3 Å². The molecule has 1 saturated heterocycles. The van der Waals surface area contributed by atoms with Crippen molar-refractivity contribution < 1.29 is 9.53 Å². The fraction of sp³-hybridized carbons (Fsp3) is 0.217. The van der Waals surface area contributed by atoms with Gasteiger partial charge < -0.3 is 10.1 Å². The van der Waals surface area contributed by atoms with Crippen molar-refractivity contribution in [3.63, 3.8) is 0 Å². The summed E-state index contributed by atoms with van der Waals surface area (Å²) in [7, 11) is 0. The number of morpholine rings is 1. The maximum atomic E-state index is 13.0. The SMILES string of the molecule is O=C(Nc1cccc(CN2CCOCC2)n1)c1cnc2ccc(-c3cccc(Cl)c3)nn12. The number of anilines is 1. The van der Waals surface area contributed by atoms with Crippen molar-refractivity contribution in [3.05, 3.63) is 77.2 Å². The van der Waals surface area contributed by atoms with Gasteiger partial charge in [0, 0.05) is 30.2 Å². The summed E-state index contributed by atoms with van der Waals surface area (Å²) in [6, 6.07) is 16.7. The number of nitrogens with zero attached hydrogens (tertiary/aromatic N) is 5. The second kappa shape index (κ2) is 9.04. The van der Waals surface area contributed by atoms with E-state index in [-0.39, 0.29) is 5.91 Å². The zero-order valence-corrected chi connectivity index (χ0v) is 18.0. The minimum absolute atomic E-state index is 0.323. The van der Waals surface area contributed by atoms with E-state index in [0.29, 0.717) is 34.4 Å². The van der Waals surface area contributed by atoms with E-state index >= 15 is 0 Å². The van der Waals surface area contributed by atoms with Crippen LogP contribution in [0.2, 0.25) is 5.02 Å². The first-order valence-corrected chi connectivity index (χ1v) is 10.7. The van der Waals surface area contributed by atoms with Crippen LogP contribution in [0, 0.1) is 0 Å². The van der Waals surface area contributed by atoms with Crippen LogP contribution in [0.4, 0.5) is 5.82 Å². The normalized spacial score (nSPS) is 14.5. The number of carbonyl (C=O) groups is 1. The summed E-state index contributed by atoms with van der Waals surface area (Å²) < 4.78 is 6.92. The van der Waals surface area contributed by atoms with Crippen molar-refractivity contribution in [2.75, 3.05) is 31.6 Å². The Bertz CT molecular complexity index is 1270. The van der Waals surface area contributed by atoms with Crippen molar-refractivity contribution >= 4 is 29.0 Å². The fourth-order valence-corrected chi connectivity index (χ4v) is 3.83. The molecular weight excluding hydrogens is 428 g/mol. The average molecular weight is 449 g/mol. The number of nitrogens with one attached hydrogen (secondary N) is 1. The zero-order valence-electron chi connectivity index (χ0n) is 17.2. The van der Waals surface area contributed by atoms with E-state index in [4.69, 9.17) is 16.3 Å². The summed E-state index contributed by atoms with van der Waals surface area (Å²) in [5.74, 6) is 0.158. The van der Waals surface area contributed by atoms with Crippen LogP contribution in [-0.2, 0) is 11.3 Å². The Kier molecular flexibility index (Phi) is 5.81. The minimum atomic E-state index is -0.329. The number of imidazole rings is 1. The highest BCUT2D eigenvalue weighted by Crippen LogP contribution is 2.21. The van der Waals surface area contributed by atoms with E-state index in [1.165, 1.54) is 10.7 Å². The predicted octanol–water partition coefficient (Wildman–Crippen LogP) is 3.53. The second-order valence-corrected chi connectivity index (χ2v) is 7.94. The lowest BCUT2D eigenvalue weighted by Gasteiger charge is -2.26. The van der Waals surface area contributed by atoms with Crippen LogP contribution >= 0.6 is 11.6 Å². The number of amides is 1. The molecule has 0 bridgehead atoms. The van der Waals surface area contributed by atoms with E-state index in [1.54, 1.807) is 12.1 Å². The van der Waals surface area contributed by atoms with E-state index in [0.717, 1.165) is 37.6 Å². The molecule has 9 heteroatoms. The van der Waals surface area contributed by atoms with Gasteiger partial charge in [-0.25, -0.2) is 14.5 Å². The van der Waals surface area contributed by atoms with Gasteiger partial charge in [0.25, 0.3) is 5.91 Å². The number of fused-ring (bicyclic) bond motifs is 1. The standard InChI is InChI=1S/C23H21ClN6O2/c24-17-4-1-3-16(13-17)19-7-8-22-25-14-20(30(22)28-19)23(31)27-21-6-2-5-18(26-21)15-29-9-11-32-12-10-29/h1-8,13-14H,9-12,15H2,(H,26,27,31). The Morgan fingerprint density at radius 3 is 2.78 bits per heavy atom. The van der Waals surface area contributed by atoms with Crippen LogP contribution in [-0.4, -0.2) is 56.7 Å². The number of ether oxygens (including phenoxy) is 1. The van der Waals surface area contributed by atoms with Gasteiger partial charge in [0.1, 0.15) is 5.82 Å². The highest BCUT2D eigenvalue weighted by molar-refractivity contribution is 6.30. The molecule has 1 fully saturated rings. The molecule has 1 aliphatic heterocycles. The van der Waals surface area contributed by atoms with Crippen LogP contribution in [0.3, 0.4) is 0 Å². The largest absolute Gasteiger partial charge is 0.379 e. The Morgan fingerprint density at radius 2 is 1.94 bits per heavy atom. The third-order valence-corrected chi connectivity index (χ3v) is 5.49. The van der Waals surface area contributed by atoms with Crippen LogP contribution in [0.25, 0.3) is 16.9 Å². The maximum Gasteiger partial charge on any atom is 0.277 e. The Labute approximate surface area is 189 Å². The molecule has 3 aromatic heterocycles. The zero-order chi connectivity index (χ0) is 21.9. The van der Waals surface area contributed by atoms with Crippen LogP contribution in [0.15, 0.2) is 60.8 Å². The third-order valence-electron chi connectivity index (χ3n) is 5.25. The molecule has 0 aliphatic carbocycles. The highest BCUT2D eigenvalue weighted by Gasteiger charge is 2.16. The van der Waals surface area contributed by atoms with Crippen LogP contribution < -0.4 is 5.32 Å². The lowest BCUT2D eigenvalue weighted by Crippen LogP contribution is -2.35. The number of hydrogen-bond donors (Lipinski definition) is 1. The smallest absolute Gasteiger partial charge is 0.277 e. The van der Waals surface area contributed by atoms with Gasteiger partial charge in [-0.2, -0.15) is 5.10 Å². The molecule has 5 rings (SSSR count). The van der Waals surface area contributed by atoms with Crippen molar-refractivity contribution in [2.45, 2.75) is 6.54 Å². The molecule has 0 saturated carbocycles. The summed E-state index contributed by atoms with van der Waals surface area (Å²) in [6.45, 7) is 3.93. The summed E-state index contributed by atoms with van der Waals surface area (Å²) in [5.41, 5.74) is 3.35. The molecular formula is C23H21ClN6O2. The number of rotatable bonds is 5. The summed E-state index contributed by atoms with van der Waals surface area (Å²) in [4.78, 5) is 24.2. The average Bonchev–Trinajstić information content (AvgIpc) is 3.23. The predicted molar refractivity (Wildman–Crippen MR) is 122 cm³/mol. The number of benzene rings is 1. The molecule has 162 valence electrons. The molecule has 1 N–H and O–H groups in total. The fourth-order valence-electron chi connectivity index (χ4n) is 3.64. The maximum absolute atomic E-state index is 13.0. The molecule has 4 aromatic rings. The van der Waals surface area contributed by atoms with E-state index in [2.05, 4.69) is 25.3 Å². The molecule has 0 spiro atoms. The van der Waals surface area contributed by atoms with Gasteiger partial charge in [-0.15, -0.1) is 0 Å². The minimum Gasteiger partial charge on any atom is -0.379 e. The quantitative estimate of drug-likeness (QED) is 0.502. The Hall–Kier alpha value is -3.33. The number of pyridine rings is 1. The van der Waals surface area contributed by atoms with Crippen LogP contribution in [0.5, 0.6) is 0 Å². The first kappa shape index (κ1) is 20.6. The number of aromatic nitrogens is 4. The first-order chi connectivity index (χ1) is 15.7. The summed E-state index contributed by atoms with van der Waals surface area (Å²) >= 11 is 6.11. The summed E-state index contributed by atoms with van der Waals surface area (Å²) in [5, 5.41) is 8.09. The number of carbonyl (C=O) groups excluding carboxylic acids is 1. The Balaban J connectivity index is 1.37. The molecule has 1 amide bonds. The molecule has 32 heavy (non-hydrogen) atoms. The van der Waals surface area contributed by atoms with E-state index < -0.39 is 0 Å². The van der Waals surface area contributed by atoms with Crippen molar-refractivity contribution in [2.24, 2.45) is 0 Å². The highest BCUT2D eigenvalue weighted by atomic mass is 35.5. The lowest BCUT2D eigenvalue weighted by molar-refractivity contribution is 0.0337. The molecule has 4 heterocycles. The monoisotopic (exact) mass is 448 g/mol. The van der Waals surface area contributed by atoms with Gasteiger partial charge >= 0.3 is 0 Å². The number of hydrogen-bond acceptors (Lipinski definition) is 6. The molecule has 0 radical (unpaired) electrons. The van der Waals surface area contributed by atoms with Gasteiger partial charge in [0.05, 0.1) is 30.8 Å². The lowest BCUT2D eigenvalue weighted by atomic mass is 10.1. The van der Waals surface area contributed by atoms with Gasteiger partial charge in [0.15, 0.2) is 11.3 Å². The summed E-state index contributed by atoms with van der Waals surface area (Å²) in [6.07, 6.45) is 1.51. The van der Waals surface area contributed by atoms with Crippen molar-refractivity contribution in [1.82, 2.24) is 24.5 Å². The number of halogens is 1. The Morgan fingerprint density at radius 1 is 1.09 bits per heavy atom. The van der Waals surface area contributed by atoms with E-state index in [1.807, 2.05) is 42.5 Å². The van der Waals surface area contributed by atoms with Gasteiger partial charge in [-0.1, -0.05) is 29.8 Å². The topological polar surface area (TPSA) is 84.7 Å². The second-order valence-electron chi connectivity index (χ2n) is 7.50. The molecule has 0 atom stereocenters. The van der Waals surface area contributed by atoms with Gasteiger partial charge in [-0.3, -0.25) is 9.69 Å². The van der Waals surface area contributed by atoms with E-state index in [9.17, 15) is 4.79 Å². The van der Waals surface area contributed by atoms with Crippen LogP contribution in [0.1, 0.15) is 16.2 Å². The third kappa shape index (κ3) is 4.47. The molecule has 8 nitrogen and oxygen atoms in total.